The van der Waals surface area contributed by atoms with Crippen LogP contribution in [0.2, 0.25) is 5.02 Å². The fourth-order valence-electron chi connectivity index (χ4n) is 4.54. The Bertz CT molecular complexity index is 1670. The molecule has 1 aliphatic rings. The van der Waals surface area contributed by atoms with Crippen LogP contribution in [0.15, 0.2) is 54.1 Å². The van der Waals surface area contributed by atoms with Gasteiger partial charge in [-0.1, -0.05) is 36.2 Å². The van der Waals surface area contributed by atoms with Gasteiger partial charge in [0, 0.05) is 11.8 Å². The zero-order valence-electron chi connectivity index (χ0n) is 25.6. The molecule has 0 spiro atoms. The van der Waals surface area contributed by atoms with Gasteiger partial charge in [0.05, 0.1) is 31.0 Å². The number of nitrogens with zero attached hydrogens (tertiary/aromatic N) is 1. The molecule has 1 heterocycles. The van der Waals surface area contributed by atoms with Crippen molar-refractivity contribution in [3.05, 3.63) is 75.8 Å². The molecule has 0 atom stereocenters. The molecule has 0 saturated carbocycles. The van der Waals surface area contributed by atoms with Gasteiger partial charge in [0.2, 0.25) is 0 Å². The molecule has 1 saturated heterocycles. The van der Waals surface area contributed by atoms with Crippen LogP contribution in [-0.4, -0.2) is 50.7 Å². The lowest BCUT2D eigenvalue weighted by atomic mass is 10.1. The first-order chi connectivity index (χ1) is 21.6. The zero-order chi connectivity index (χ0) is 32.7. The van der Waals surface area contributed by atoms with E-state index in [1.54, 1.807) is 13.0 Å². The molecule has 0 aliphatic carbocycles. The SMILES string of the molecule is CCCOc1ccc(N2C(=O)NC(=O)/C(=C\c3cc(Cl)c(OCC(=O)Nc4ccc(C)cc4C)c(OC)c3)C2=O)cc1OCC. The maximum absolute atomic E-state index is 13.5. The van der Waals surface area contributed by atoms with Gasteiger partial charge in [-0.05, 0) is 74.7 Å². The molecule has 4 rings (SSSR count). The Morgan fingerprint density at radius 3 is 2.42 bits per heavy atom. The van der Waals surface area contributed by atoms with Gasteiger partial charge < -0.3 is 24.3 Å². The largest absolute Gasteiger partial charge is 0.493 e. The number of rotatable bonds is 12. The molecule has 0 bridgehead atoms. The van der Waals surface area contributed by atoms with Crippen LogP contribution in [0.5, 0.6) is 23.0 Å². The number of methoxy groups -OCH3 is 1. The van der Waals surface area contributed by atoms with E-state index in [4.69, 9.17) is 30.5 Å². The Kier molecular flexibility index (Phi) is 10.7. The molecule has 1 fully saturated rings. The van der Waals surface area contributed by atoms with Gasteiger partial charge >= 0.3 is 6.03 Å². The van der Waals surface area contributed by atoms with Gasteiger partial charge in [0.1, 0.15) is 5.57 Å². The van der Waals surface area contributed by atoms with Crippen LogP contribution in [0.1, 0.15) is 37.0 Å². The van der Waals surface area contributed by atoms with Crippen LogP contribution >= 0.6 is 11.6 Å². The average molecular weight is 636 g/mol. The molecule has 3 aromatic rings. The van der Waals surface area contributed by atoms with Crippen molar-refractivity contribution in [1.29, 1.82) is 0 Å². The minimum absolute atomic E-state index is 0.0705. The van der Waals surface area contributed by atoms with E-state index in [0.717, 1.165) is 22.4 Å². The summed E-state index contributed by atoms with van der Waals surface area (Å²) in [5.41, 5.74) is 2.82. The van der Waals surface area contributed by atoms with Crippen LogP contribution in [-0.2, 0) is 14.4 Å². The van der Waals surface area contributed by atoms with Crippen LogP contribution in [0, 0.1) is 13.8 Å². The summed E-state index contributed by atoms with van der Waals surface area (Å²) in [6, 6.07) is 12.3. The minimum atomic E-state index is -0.912. The average Bonchev–Trinajstić information content (AvgIpc) is 2.99. The first-order valence-corrected chi connectivity index (χ1v) is 14.6. The number of imide groups is 2. The number of barbiturate groups is 1. The molecule has 11 nitrogen and oxygen atoms in total. The number of amides is 5. The third kappa shape index (κ3) is 7.74. The summed E-state index contributed by atoms with van der Waals surface area (Å²) in [6.07, 6.45) is 2.06. The van der Waals surface area contributed by atoms with Crippen molar-refractivity contribution >= 4 is 52.8 Å². The van der Waals surface area contributed by atoms with Gasteiger partial charge in [-0.15, -0.1) is 0 Å². The van der Waals surface area contributed by atoms with Gasteiger partial charge in [0.25, 0.3) is 17.7 Å². The molecule has 2 N–H and O–H groups in total. The number of ether oxygens (including phenoxy) is 4. The van der Waals surface area contributed by atoms with E-state index in [1.807, 2.05) is 39.0 Å². The van der Waals surface area contributed by atoms with Crippen LogP contribution in [0.3, 0.4) is 0 Å². The molecule has 1 aliphatic heterocycles. The van der Waals surface area contributed by atoms with Crippen molar-refractivity contribution in [3.8, 4) is 23.0 Å². The minimum Gasteiger partial charge on any atom is -0.493 e. The Hall–Kier alpha value is -5.03. The van der Waals surface area contributed by atoms with E-state index < -0.39 is 23.8 Å². The summed E-state index contributed by atoms with van der Waals surface area (Å²) in [6.45, 7) is 8.05. The monoisotopic (exact) mass is 635 g/mol. The highest BCUT2D eigenvalue weighted by atomic mass is 35.5. The predicted octanol–water partition coefficient (Wildman–Crippen LogP) is 5.84. The molecule has 0 unspecified atom stereocenters. The lowest BCUT2D eigenvalue weighted by Gasteiger charge is -2.27. The topological polar surface area (TPSA) is 132 Å². The normalized spacial score (nSPS) is 13.9. The molecule has 45 heavy (non-hydrogen) atoms. The van der Waals surface area contributed by atoms with E-state index in [-0.39, 0.29) is 34.4 Å². The number of urea groups is 1. The lowest BCUT2D eigenvalue weighted by Crippen LogP contribution is -2.54. The number of aryl methyl sites for hydroxylation is 2. The highest BCUT2D eigenvalue weighted by molar-refractivity contribution is 6.39. The van der Waals surface area contributed by atoms with E-state index in [2.05, 4.69) is 10.6 Å². The molecular weight excluding hydrogens is 602 g/mol. The van der Waals surface area contributed by atoms with E-state index in [9.17, 15) is 19.2 Å². The van der Waals surface area contributed by atoms with Crippen LogP contribution in [0.25, 0.3) is 6.08 Å². The predicted molar refractivity (Wildman–Crippen MR) is 170 cm³/mol. The third-order valence-electron chi connectivity index (χ3n) is 6.62. The first-order valence-electron chi connectivity index (χ1n) is 14.2. The Balaban J connectivity index is 1.57. The second-order valence-corrected chi connectivity index (χ2v) is 10.5. The molecule has 5 amide bonds. The number of carbonyl (C=O) groups is 4. The Labute approximate surface area is 266 Å². The summed E-state index contributed by atoms with van der Waals surface area (Å²) < 4.78 is 22.5. The second-order valence-electron chi connectivity index (χ2n) is 10.1. The number of halogens is 1. The van der Waals surface area contributed by atoms with Crippen molar-refractivity contribution in [3.63, 3.8) is 0 Å². The highest BCUT2D eigenvalue weighted by Crippen LogP contribution is 2.38. The number of anilines is 2. The molecule has 0 aromatic heterocycles. The quantitative estimate of drug-likeness (QED) is 0.187. The summed E-state index contributed by atoms with van der Waals surface area (Å²) in [5, 5.41) is 5.06. The fraction of sp³-hybridized carbons (Fsp3) is 0.273. The van der Waals surface area contributed by atoms with Gasteiger partial charge in [0.15, 0.2) is 29.6 Å². The van der Waals surface area contributed by atoms with Crippen molar-refractivity contribution in [2.24, 2.45) is 0 Å². The van der Waals surface area contributed by atoms with Crippen molar-refractivity contribution in [1.82, 2.24) is 5.32 Å². The second kappa shape index (κ2) is 14.6. The summed E-state index contributed by atoms with van der Waals surface area (Å²) >= 11 is 6.49. The van der Waals surface area contributed by atoms with Gasteiger partial charge in [-0.25, -0.2) is 9.69 Å². The van der Waals surface area contributed by atoms with Crippen LogP contribution in [0.4, 0.5) is 16.2 Å². The van der Waals surface area contributed by atoms with Gasteiger partial charge in [-0.3, -0.25) is 19.7 Å². The molecular formula is C33H34ClN3O8. The van der Waals surface area contributed by atoms with Crippen molar-refractivity contribution in [2.45, 2.75) is 34.1 Å². The molecule has 236 valence electrons. The molecule has 0 radical (unpaired) electrons. The zero-order valence-corrected chi connectivity index (χ0v) is 26.4. The van der Waals surface area contributed by atoms with E-state index >= 15 is 0 Å². The number of hydrogen-bond donors (Lipinski definition) is 2. The van der Waals surface area contributed by atoms with Crippen molar-refractivity contribution < 1.29 is 38.1 Å². The maximum atomic E-state index is 13.5. The summed E-state index contributed by atoms with van der Waals surface area (Å²) in [4.78, 5) is 52.5. The Morgan fingerprint density at radius 1 is 0.956 bits per heavy atom. The number of benzene rings is 3. The maximum Gasteiger partial charge on any atom is 0.335 e. The lowest BCUT2D eigenvalue weighted by molar-refractivity contribution is -0.122. The number of hydrogen-bond acceptors (Lipinski definition) is 8. The Morgan fingerprint density at radius 2 is 1.73 bits per heavy atom. The van der Waals surface area contributed by atoms with Crippen LogP contribution < -0.4 is 34.5 Å². The first kappa shape index (κ1) is 32.9. The number of nitrogens with one attached hydrogen (secondary N) is 2. The molecule has 12 heteroatoms. The molecule has 3 aromatic carbocycles. The third-order valence-corrected chi connectivity index (χ3v) is 6.90. The number of carbonyl (C=O) groups excluding carboxylic acids is 4. The van der Waals surface area contributed by atoms with E-state index in [1.165, 1.54) is 37.5 Å². The smallest absolute Gasteiger partial charge is 0.335 e. The standard InChI is InChI=1S/C33H34ClN3O8/c1-6-12-44-26-11-9-22(17-27(26)43-7-2)37-32(40)23(31(39)36-33(37)41)14-21-15-24(34)30(28(16-21)42-5)45-18-29(38)35-25-10-8-19(3)13-20(25)4/h8-11,13-17H,6-7,12,18H2,1-5H3,(H,35,38)(H,36,39,41)/b23-14+. The van der Waals surface area contributed by atoms with E-state index in [0.29, 0.717) is 36.0 Å². The van der Waals surface area contributed by atoms with Gasteiger partial charge in [-0.2, -0.15) is 0 Å². The highest BCUT2D eigenvalue weighted by Gasteiger charge is 2.37. The summed E-state index contributed by atoms with van der Waals surface area (Å²) in [5.74, 6) is -1.07. The summed E-state index contributed by atoms with van der Waals surface area (Å²) in [7, 11) is 1.38. The fourth-order valence-corrected chi connectivity index (χ4v) is 4.81. The van der Waals surface area contributed by atoms with Crippen molar-refractivity contribution in [2.75, 3.05) is 37.1 Å².